The molecule has 2 aromatic carbocycles. The molecule has 160 valence electrons. The van der Waals surface area contributed by atoms with Gasteiger partial charge in [0.1, 0.15) is 12.4 Å². The third-order valence-corrected chi connectivity index (χ3v) is 6.65. The average molecular weight is 419 g/mol. The largest absolute Gasteiger partial charge is 0.489 e. The van der Waals surface area contributed by atoms with E-state index >= 15 is 0 Å². The fraction of sp³-hybridized carbons (Fsp3) is 0.360. The van der Waals surface area contributed by atoms with E-state index in [1.807, 2.05) is 42.5 Å². The van der Waals surface area contributed by atoms with Crippen molar-refractivity contribution in [3.8, 4) is 5.75 Å². The summed E-state index contributed by atoms with van der Waals surface area (Å²) in [6.07, 6.45) is 4.85. The first-order valence-corrected chi connectivity index (χ1v) is 10.8. The van der Waals surface area contributed by atoms with Crippen LogP contribution in [0.25, 0.3) is 5.57 Å². The van der Waals surface area contributed by atoms with E-state index in [0.29, 0.717) is 31.6 Å². The van der Waals surface area contributed by atoms with Crippen molar-refractivity contribution in [1.29, 1.82) is 0 Å². The number of carbonyl (C=O) groups excluding carboxylic acids is 1. The molecule has 5 rings (SSSR count). The molecule has 2 aromatic rings. The predicted molar refractivity (Wildman–Crippen MR) is 115 cm³/mol. The minimum Gasteiger partial charge on any atom is -0.489 e. The van der Waals surface area contributed by atoms with Crippen molar-refractivity contribution in [2.45, 2.75) is 37.3 Å². The first-order chi connectivity index (χ1) is 15.0. The van der Waals surface area contributed by atoms with Crippen LogP contribution in [-0.4, -0.2) is 41.8 Å². The third-order valence-electron chi connectivity index (χ3n) is 6.65. The van der Waals surface area contributed by atoms with Gasteiger partial charge in [-0.15, -0.1) is 0 Å². The van der Waals surface area contributed by atoms with E-state index in [2.05, 4.69) is 5.32 Å². The molecule has 0 aromatic heterocycles. The molecule has 1 spiro atoms. The van der Waals surface area contributed by atoms with Crippen LogP contribution in [0.3, 0.4) is 0 Å². The summed E-state index contributed by atoms with van der Waals surface area (Å²) in [4.78, 5) is 24.6. The van der Waals surface area contributed by atoms with E-state index < -0.39 is 23.5 Å². The van der Waals surface area contributed by atoms with Crippen molar-refractivity contribution in [2.75, 3.05) is 13.2 Å². The lowest BCUT2D eigenvalue weighted by molar-refractivity contribution is -0.142. The van der Waals surface area contributed by atoms with E-state index in [9.17, 15) is 14.7 Å². The first kappa shape index (κ1) is 19.8. The maximum Gasteiger partial charge on any atom is 0.308 e. The lowest BCUT2D eigenvalue weighted by atomic mass is 9.94. The van der Waals surface area contributed by atoms with Crippen LogP contribution in [0.2, 0.25) is 0 Å². The maximum absolute atomic E-state index is 12.9. The lowest BCUT2D eigenvalue weighted by Crippen LogP contribution is -2.40. The second-order valence-corrected chi connectivity index (χ2v) is 8.57. The van der Waals surface area contributed by atoms with Gasteiger partial charge in [-0.2, -0.15) is 0 Å². The normalized spacial score (nSPS) is 26.8. The Balaban J connectivity index is 1.32. The summed E-state index contributed by atoms with van der Waals surface area (Å²) in [6, 6.07) is 14.9. The fourth-order valence-electron chi connectivity index (χ4n) is 5.12. The molecular formula is C25H25NO5. The number of rotatable bonds is 4. The number of aliphatic carboxylic acids is 1. The van der Waals surface area contributed by atoms with Gasteiger partial charge in [0.15, 0.2) is 0 Å². The van der Waals surface area contributed by atoms with Crippen LogP contribution in [-0.2, 0) is 9.53 Å². The molecule has 1 amide bonds. The van der Waals surface area contributed by atoms with Crippen LogP contribution in [0, 0.1) is 5.92 Å². The Morgan fingerprint density at radius 2 is 1.87 bits per heavy atom. The zero-order valence-corrected chi connectivity index (χ0v) is 17.2. The van der Waals surface area contributed by atoms with E-state index in [-0.39, 0.29) is 5.91 Å². The average Bonchev–Trinajstić information content (AvgIpc) is 3.40. The number of hydrogen-bond acceptors (Lipinski definition) is 4. The van der Waals surface area contributed by atoms with Crippen molar-refractivity contribution in [2.24, 2.45) is 5.92 Å². The van der Waals surface area contributed by atoms with E-state index in [1.54, 1.807) is 12.1 Å². The van der Waals surface area contributed by atoms with Crippen LogP contribution < -0.4 is 10.1 Å². The summed E-state index contributed by atoms with van der Waals surface area (Å²) >= 11 is 0. The van der Waals surface area contributed by atoms with Gasteiger partial charge in [0, 0.05) is 23.8 Å². The number of para-hydroxylation sites is 1. The van der Waals surface area contributed by atoms with E-state index in [1.165, 1.54) is 0 Å². The Bertz CT molecular complexity index is 1040. The topological polar surface area (TPSA) is 84.9 Å². The minimum atomic E-state index is -0.877. The summed E-state index contributed by atoms with van der Waals surface area (Å²) < 4.78 is 11.6. The maximum atomic E-state index is 12.9. The molecule has 0 unspecified atom stereocenters. The van der Waals surface area contributed by atoms with Crippen molar-refractivity contribution in [1.82, 2.24) is 5.32 Å². The number of carboxylic acids is 1. The molecule has 2 heterocycles. The van der Waals surface area contributed by atoms with Crippen LogP contribution in [0.5, 0.6) is 5.75 Å². The van der Waals surface area contributed by atoms with Crippen LogP contribution >= 0.6 is 0 Å². The first-order valence-electron chi connectivity index (χ1n) is 10.8. The standard InChI is InChI=1S/C25H25NO5/c27-23(26-21-15-25(11-3-12-31-25)14-20(21)24(28)29)17-8-6-16(7-9-17)18-10-13-30-22-5-2-1-4-19(18)22/h1-2,4-10,20-21H,3,11-15H2,(H,26,27)(H,28,29)/t20-,21+,25+/m0/s1. The molecule has 3 atom stereocenters. The molecule has 2 aliphatic heterocycles. The second kappa shape index (κ2) is 7.85. The molecule has 2 fully saturated rings. The molecule has 1 saturated heterocycles. The second-order valence-electron chi connectivity index (χ2n) is 8.57. The molecule has 31 heavy (non-hydrogen) atoms. The summed E-state index contributed by atoms with van der Waals surface area (Å²) in [7, 11) is 0. The Morgan fingerprint density at radius 3 is 2.61 bits per heavy atom. The number of nitrogens with one attached hydrogen (secondary N) is 1. The Labute approximate surface area is 180 Å². The zero-order chi connectivity index (χ0) is 21.4. The van der Waals surface area contributed by atoms with Gasteiger partial charge in [0.05, 0.1) is 11.5 Å². The van der Waals surface area contributed by atoms with Crippen molar-refractivity contribution >= 4 is 17.4 Å². The highest BCUT2D eigenvalue weighted by atomic mass is 16.5. The van der Waals surface area contributed by atoms with Crippen molar-refractivity contribution < 1.29 is 24.2 Å². The van der Waals surface area contributed by atoms with Gasteiger partial charge in [-0.3, -0.25) is 9.59 Å². The van der Waals surface area contributed by atoms with Gasteiger partial charge >= 0.3 is 5.97 Å². The molecule has 0 radical (unpaired) electrons. The van der Waals surface area contributed by atoms with Crippen molar-refractivity contribution in [3.05, 3.63) is 71.3 Å². The van der Waals surface area contributed by atoms with Crippen molar-refractivity contribution in [3.63, 3.8) is 0 Å². The SMILES string of the molecule is O=C(N[C@@H]1C[C@@]2(CCCO2)C[C@@H]1C(=O)O)c1ccc(C2=CCOc3ccccc32)cc1. The van der Waals surface area contributed by atoms with Crippen LogP contribution in [0.1, 0.15) is 47.2 Å². The molecular weight excluding hydrogens is 394 g/mol. The number of hydrogen-bond donors (Lipinski definition) is 2. The van der Waals surface area contributed by atoms with Gasteiger partial charge in [0.2, 0.25) is 0 Å². The lowest BCUT2D eigenvalue weighted by Gasteiger charge is -2.22. The molecule has 1 aliphatic carbocycles. The molecule has 1 saturated carbocycles. The predicted octanol–water partition coefficient (Wildman–Crippen LogP) is 3.65. The van der Waals surface area contributed by atoms with Gasteiger partial charge in [-0.05, 0) is 61.1 Å². The molecule has 2 N–H and O–H groups in total. The Morgan fingerprint density at radius 1 is 1.06 bits per heavy atom. The highest BCUT2D eigenvalue weighted by Gasteiger charge is 2.51. The Hall–Kier alpha value is -3.12. The molecule has 6 heteroatoms. The third kappa shape index (κ3) is 3.72. The monoisotopic (exact) mass is 419 g/mol. The summed E-state index contributed by atoms with van der Waals surface area (Å²) in [6.45, 7) is 1.18. The molecule has 6 nitrogen and oxygen atoms in total. The number of benzene rings is 2. The van der Waals surface area contributed by atoms with Gasteiger partial charge < -0.3 is 19.9 Å². The number of ether oxygens (including phenoxy) is 2. The number of amides is 1. The summed E-state index contributed by atoms with van der Waals surface area (Å²) in [5.74, 6) is -0.895. The highest BCUT2D eigenvalue weighted by Crippen LogP contribution is 2.44. The van der Waals surface area contributed by atoms with Gasteiger partial charge in [-0.25, -0.2) is 0 Å². The number of carbonyl (C=O) groups is 2. The molecule has 0 bridgehead atoms. The molecule has 3 aliphatic rings. The summed E-state index contributed by atoms with van der Waals surface area (Å²) in [5, 5.41) is 12.6. The van der Waals surface area contributed by atoms with Gasteiger partial charge in [-0.1, -0.05) is 30.3 Å². The highest BCUT2D eigenvalue weighted by molar-refractivity contribution is 5.95. The quantitative estimate of drug-likeness (QED) is 0.790. The van der Waals surface area contributed by atoms with Gasteiger partial charge in [0.25, 0.3) is 5.91 Å². The smallest absolute Gasteiger partial charge is 0.308 e. The number of carboxylic acid groups (broad SMARTS) is 1. The van der Waals surface area contributed by atoms with Crippen LogP contribution in [0.4, 0.5) is 0 Å². The zero-order valence-electron chi connectivity index (χ0n) is 17.2. The van der Waals surface area contributed by atoms with E-state index in [4.69, 9.17) is 9.47 Å². The van der Waals surface area contributed by atoms with E-state index in [0.717, 1.165) is 35.3 Å². The minimum absolute atomic E-state index is 0.251. The number of fused-ring (bicyclic) bond motifs is 1. The Kier molecular flexibility index (Phi) is 5.02. The summed E-state index contributed by atoms with van der Waals surface area (Å²) in [5.41, 5.74) is 3.24. The van der Waals surface area contributed by atoms with Crippen LogP contribution in [0.15, 0.2) is 54.6 Å². The fourth-order valence-corrected chi connectivity index (χ4v) is 5.12.